The van der Waals surface area contributed by atoms with E-state index < -0.39 is 5.97 Å². The second-order valence-electron chi connectivity index (χ2n) is 3.46. The molecule has 0 spiro atoms. The SMILES string of the molecule is COC(=O)c1ccn(COc2ccc(F)cc2)n1. The molecular weight excluding hydrogens is 239 g/mol. The Morgan fingerprint density at radius 3 is 2.72 bits per heavy atom. The van der Waals surface area contributed by atoms with Gasteiger partial charge in [0, 0.05) is 6.20 Å². The van der Waals surface area contributed by atoms with Crippen molar-refractivity contribution >= 4 is 5.97 Å². The first kappa shape index (κ1) is 12.1. The van der Waals surface area contributed by atoms with Gasteiger partial charge in [-0.25, -0.2) is 13.9 Å². The quantitative estimate of drug-likeness (QED) is 0.777. The molecule has 0 saturated heterocycles. The summed E-state index contributed by atoms with van der Waals surface area (Å²) in [5, 5.41) is 3.96. The third kappa shape index (κ3) is 2.85. The first-order valence-corrected chi connectivity index (χ1v) is 5.19. The lowest BCUT2D eigenvalue weighted by Crippen LogP contribution is -2.08. The molecule has 0 saturated carbocycles. The van der Waals surface area contributed by atoms with E-state index in [1.54, 1.807) is 6.20 Å². The van der Waals surface area contributed by atoms with Crippen molar-refractivity contribution in [2.45, 2.75) is 6.73 Å². The maximum absolute atomic E-state index is 12.7. The van der Waals surface area contributed by atoms with Crippen LogP contribution in [0.15, 0.2) is 36.5 Å². The molecule has 6 heteroatoms. The number of carbonyl (C=O) groups excluding carboxylic acids is 1. The van der Waals surface area contributed by atoms with Gasteiger partial charge in [0.15, 0.2) is 12.4 Å². The molecule has 94 valence electrons. The van der Waals surface area contributed by atoms with Gasteiger partial charge in [-0.1, -0.05) is 0 Å². The summed E-state index contributed by atoms with van der Waals surface area (Å²) in [6.07, 6.45) is 1.59. The molecule has 1 aromatic heterocycles. The molecule has 0 aliphatic heterocycles. The highest BCUT2D eigenvalue weighted by Crippen LogP contribution is 2.11. The fourth-order valence-corrected chi connectivity index (χ4v) is 1.32. The second-order valence-corrected chi connectivity index (χ2v) is 3.46. The van der Waals surface area contributed by atoms with Crippen LogP contribution in [0.1, 0.15) is 10.5 Å². The number of hydrogen-bond donors (Lipinski definition) is 0. The number of halogens is 1. The van der Waals surface area contributed by atoms with Crippen molar-refractivity contribution in [2.75, 3.05) is 7.11 Å². The number of esters is 1. The van der Waals surface area contributed by atoms with Crippen molar-refractivity contribution in [3.8, 4) is 5.75 Å². The fraction of sp³-hybridized carbons (Fsp3) is 0.167. The zero-order valence-electron chi connectivity index (χ0n) is 9.67. The number of nitrogens with zero attached hydrogens (tertiary/aromatic N) is 2. The van der Waals surface area contributed by atoms with Crippen LogP contribution in [0.5, 0.6) is 5.75 Å². The van der Waals surface area contributed by atoms with Gasteiger partial charge < -0.3 is 9.47 Å². The van der Waals surface area contributed by atoms with Crippen molar-refractivity contribution in [1.82, 2.24) is 9.78 Å². The van der Waals surface area contributed by atoms with E-state index in [1.807, 2.05) is 0 Å². The normalized spacial score (nSPS) is 10.1. The van der Waals surface area contributed by atoms with Crippen LogP contribution >= 0.6 is 0 Å². The topological polar surface area (TPSA) is 53.4 Å². The second kappa shape index (κ2) is 5.31. The minimum Gasteiger partial charge on any atom is -0.471 e. The lowest BCUT2D eigenvalue weighted by atomic mass is 10.3. The number of carbonyl (C=O) groups is 1. The van der Waals surface area contributed by atoms with Gasteiger partial charge in [0.1, 0.15) is 11.6 Å². The molecule has 2 aromatic rings. The Bertz CT molecular complexity index is 537. The predicted octanol–water partition coefficient (Wildman–Crippen LogP) is 1.85. The first-order chi connectivity index (χ1) is 8.69. The average Bonchev–Trinajstić information content (AvgIpc) is 2.86. The van der Waals surface area contributed by atoms with Crippen LogP contribution in [0.4, 0.5) is 4.39 Å². The summed E-state index contributed by atoms with van der Waals surface area (Å²) in [7, 11) is 1.29. The first-order valence-electron chi connectivity index (χ1n) is 5.19. The maximum atomic E-state index is 12.7. The highest BCUT2D eigenvalue weighted by Gasteiger charge is 2.08. The van der Waals surface area contributed by atoms with Gasteiger partial charge in [-0.05, 0) is 30.3 Å². The van der Waals surface area contributed by atoms with E-state index in [-0.39, 0.29) is 18.2 Å². The summed E-state index contributed by atoms with van der Waals surface area (Å²) in [5.41, 5.74) is 0.209. The standard InChI is InChI=1S/C12H11FN2O3/c1-17-12(16)11-6-7-15(14-11)8-18-10-4-2-9(13)3-5-10/h2-7H,8H2,1H3. The molecule has 18 heavy (non-hydrogen) atoms. The van der Waals surface area contributed by atoms with E-state index in [4.69, 9.17) is 4.74 Å². The lowest BCUT2D eigenvalue weighted by Gasteiger charge is -2.05. The van der Waals surface area contributed by atoms with Gasteiger partial charge in [-0.15, -0.1) is 0 Å². The number of ether oxygens (including phenoxy) is 2. The summed E-state index contributed by atoms with van der Waals surface area (Å²) in [5.74, 6) is -0.309. The highest BCUT2D eigenvalue weighted by atomic mass is 19.1. The third-order valence-electron chi connectivity index (χ3n) is 2.21. The summed E-state index contributed by atoms with van der Waals surface area (Å²) < 4.78 is 24.0. The number of methoxy groups -OCH3 is 1. The summed E-state index contributed by atoms with van der Waals surface area (Å²) in [6.45, 7) is 0.128. The van der Waals surface area contributed by atoms with Crippen molar-refractivity contribution in [3.05, 3.63) is 48.0 Å². The molecule has 0 bridgehead atoms. The molecule has 1 heterocycles. The van der Waals surface area contributed by atoms with Gasteiger partial charge in [-0.2, -0.15) is 5.10 Å². The van der Waals surface area contributed by atoms with Gasteiger partial charge in [0.05, 0.1) is 7.11 Å². The van der Waals surface area contributed by atoms with Crippen LogP contribution in [0, 0.1) is 5.82 Å². The molecule has 0 N–H and O–H groups in total. The zero-order chi connectivity index (χ0) is 13.0. The van der Waals surface area contributed by atoms with E-state index in [2.05, 4.69) is 9.84 Å². The molecule has 0 amide bonds. The molecular formula is C12H11FN2O3. The largest absolute Gasteiger partial charge is 0.471 e. The number of hydrogen-bond acceptors (Lipinski definition) is 4. The van der Waals surface area contributed by atoms with Crippen LogP contribution in [0.3, 0.4) is 0 Å². The van der Waals surface area contributed by atoms with E-state index >= 15 is 0 Å². The Morgan fingerprint density at radius 1 is 1.33 bits per heavy atom. The number of benzene rings is 1. The molecule has 0 aliphatic rings. The lowest BCUT2D eigenvalue weighted by molar-refractivity contribution is 0.0592. The van der Waals surface area contributed by atoms with Crippen LogP contribution in [0.2, 0.25) is 0 Å². The van der Waals surface area contributed by atoms with Crippen molar-refractivity contribution in [2.24, 2.45) is 0 Å². The molecule has 5 nitrogen and oxygen atoms in total. The Balaban J connectivity index is 1.96. The van der Waals surface area contributed by atoms with Gasteiger partial charge >= 0.3 is 5.97 Å². The van der Waals surface area contributed by atoms with E-state index in [1.165, 1.54) is 42.1 Å². The minimum atomic E-state index is -0.504. The van der Waals surface area contributed by atoms with Crippen LogP contribution in [-0.2, 0) is 11.5 Å². The molecule has 0 radical (unpaired) electrons. The van der Waals surface area contributed by atoms with Gasteiger partial charge in [0.25, 0.3) is 0 Å². The molecule has 1 aromatic carbocycles. The van der Waals surface area contributed by atoms with Crippen molar-refractivity contribution < 1.29 is 18.7 Å². The van der Waals surface area contributed by atoms with E-state index in [0.717, 1.165) is 0 Å². The molecule has 0 aliphatic carbocycles. The van der Waals surface area contributed by atoms with E-state index in [0.29, 0.717) is 5.75 Å². The number of aromatic nitrogens is 2. The Morgan fingerprint density at radius 2 is 2.06 bits per heavy atom. The van der Waals surface area contributed by atoms with Gasteiger partial charge in [0.2, 0.25) is 0 Å². The smallest absolute Gasteiger partial charge is 0.358 e. The zero-order valence-corrected chi connectivity index (χ0v) is 9.67. The maximum Gasteiger partial charge on any atom is 0.358 e. The minimum absolute atomic E-state index is 0.128. The Kier molecular flexibility index (Phi) is 3.57. The van der Waals surface area contributed by atoms with Gasteiger partial charge in [-0.3, -0.25) is 0 Å². The molecule has 0 unspecified atom stereocenters. The Hall–Kier alpha value is -2.37. The van der Waals surface area contributed by atoms with Crippen LogP contribution in [-0.4, -0.2) is 22.9 Å². The summed E-state index contributed by atoms with van der Waals surface area (Å²) in [4.78, 5) is 11.2. The molecule has 0 fully saturated rings. The third-order valence-corrected chi connectivity index (χ3v) is 2.21. The van der Waals surface area contributed by atoms with Crippen molar-refractivity contribution in [3.63, 3.8) is 0 Å². The molecule has 0 atom stereocenters. The van der Waals surface area contributed by atoms with Crippen LogP contribution in [0.25, 0.3) is 0 Å². The average molecular weight is 250 g/mol. The summed E-state index contributed by atoms with van der Waals surface area (Å²) in [6, 6.07) is 7.16. The highest BCUT2D eigenvalue weighted by molar-refractivity contribution is 5.86. The predicted molar refractivity (Wildman–Crippen MR) is 60.6 cm³/mol. The van der Waals surface area contributed by atoms with Crippen molar-refractivity contribution in [1.29, 1.82) is 0 Å². The fourth-order valence-electron chi connectivity index (χ4n) is 1.32. The summed E-state index contributed by atoms with van der Waals surface area (Å²) >= 11 is 0. The Labute approximate surface area is 103 Å². The molecule has 2 rings (SSSR count). The number of rotatable bonds is 4. The van der Waals surface area contributed by atoms with E-state index in [9.17, 15) is 9.18 Å². The monoisotopic (exact) mass is 250 g/mol. The van der Waals surface area contributed by atoms with Crippen LogP contribution < -0.4 is 4.74 Å².